The third-order valence-electron chi connectivity index (χ3n) is 1.96. The predicted molar refractivity (Wildman–Crippen MR) is 41.4 cm³/mol. The van der Waals surface area contributed by atoms with Crippen LogP contribution in [0.3, 0.4) is 0 Å². The summed E-state index contributed by atoms with van der Waals surface area (Å²) < 4.78 is 4.77. The summed E-state index contributed by atoms with van der Waals surface area (Å²) in [5.41, 5.74) is 0. The minimum atomic E-state index is -0.515. The van der Waals surface area contributed by atoms with E-state index in [1.54, 1.807) is 6.92 Å². The van der Waals surface area contributed by atoms with Crippen LogP contribution in [0.15, 0.2) is 0 Å². The van der Waals surface area contributed by atoms with E-state index < -0.39 is 5.92 Å². The Morgan fingerprint density at radius 2 is 2.50 bits per heavy atom. The largest absolute Gasteiger partial charge is 0.465 e. The van der Waals surface area contributed by atoms with Crippen LogP contribution in [0.1, 0.15) is 13.3 Å². The van der Waals surface area contributed by atoms with Crippen molar-refractivity contribution in [2.24, 2.45) is 5.92 Å². The molecule has 0 unspecified atom stereocenters. The van der Waals surface area contributed by atoms with Gasteiger partial charge in [0.2, 0.25) is 0 Å². The lowest BCUT2D eigenvalue weighted by molar-refractivity contribution is -0.660. The average Bonchev–Trinajstić information content (AvgIpc) is 2.05. The van der Waals surface area contributed by atoms with Crippen LogP contribution in [0.4, 0.5) is 0 Å². The highest BCUT2D eigenvalue weighted by Gasteiger charge is 2.32. The zero-order valence-corrected chi connectivity index (χ0v) is 7.21. The first-order valence-corrected chi connectivity index (χ1v) is 4.26. The summed E-state index contributed by atoms with van der Waals surface area (Å²) >= 11 is 0. The van der Waals surface area contributed by atoms with E-state index >= 15 is 0 Å². The number of hydrogen-bond acceptors (Lipinski definition) is 3. The standard InChI is InChI=1S/C8H13NO3/c1-2-12-8(11)6-5-9-4-3-7(6)10/h6,9H,2-5H2,1H3/p+1/t6-/m1/s1. The van der Waals surface area contributed by atoms with Crippen LogP contribution in [0.25, 0.3) is 0 Å². The maximum absolute atomic E-state index is 11.2. The highest BCUT2D eigenvalue weighted by atomic mass is 16.5. The van der Waals surface area contributed by atoms with E-state index in [0.717, 1.165) is 6.54 Å². The van der Waals surface area contributed by atoms with Crippen LogP contribution < -0.4 is 5.32 Å². The van der Waals surface area contributed by atoms with Crippen molar-refractivity contribution in [3.05, 3.63) is 0 Å². The average molecular weight is 172 g/mol. The molecule has 0 spiro atoms. The Morgan fingerprint density at radius 3 is 3.08 bits per heavy atom. The van der Waals surface area contributed by atoms with Crippen molar-refractivity contribution in [2.45, 2.75) is 13.3 Å². The normalized spacial score (nSPS) is 23.8. The molecule has 0 radical (unpaired) electrons. The number of carbonyl (C=O) groups excluding carboxylic acids is 2. The molecule has 4 nitrogen and oxygen atoms in total. The molecule has 1 heterocycles. The molecule has 0 aliphatic carbocycles. The van der Waals surface area contributed by atoms with Gasteiger partial charge in [-0.2, -0.15) is 0 Å². The molecule has 0 aromatic carbocycles. The topological polar surface area (TPSA) is 60.0 Å². The van der Waals surface area contributed by atoms with Gasteiger partial charge < -0.3 is 10.1 Å². The molecule has 0 bridgehead atoms. The molecule has 1 atom stereocenters. The minimum absolute atomic E-state index is 0.0240. The first-order valence-electron chi connectivity index (χ1n) is 4.26. The Morgan fingerprint density at radius 1 is 1.75 bits per heavy atom. The lowest BCUT2D eigenvalue weighted by Gasteiger charge is -2.16. The molecule has 12 heavy (non-hydrogen) atoms. The van der Waals surface area contributed by atoms with Gasteiger partial charge in [-0.05, 0) is 6.92 Å². The predicted octanol–water partition coefficient (Wildman–Crippen LogP) is -1.30. The third kappa shape index (κ3) is 2.04. The summed E-state index contributed by atoms with van der Waals surface area (Å²) in [5.74, 6) is -0.854. The number of nitrogens with two attached hydrogens (primary N) is 1. The number of rotatable bonds is 2. The molecule has 1 aliphatic rings. The van der Waals surface area contributed by atoms with E-state index in [4.69, 9.17) is 4.74 Å². The highest BCUT2D eigenvalue weighted by Crippen LogP contribution is 2.04. The van der Waals surface area contributed by atoms with Gasteiger partial charge in [0.15, 0.2) is 11.7 Å². The van der Waals surface area contributed by atoms with Crippen LogP contribution >= 0.6 is 0 Å². The smallest absolute Gasteiger partial charge is 0.322 e. The first-order chi connectivity index (χ1) is 5.75. The number of Topliss-reactive ketones (excluding diaryl/α,β-unsaturated/α-hetero) is 1. The van der Waals surface area contributed by atoms with Crippen molar-refractivity contribution in [2.75, 3.05) is 19.7 Å². The fourth-order valence-corrected chi connectivity index (χ4v) is 1.31. The molecule has 0 aromatic heterocycles. The Bertz CT molecular complexity index is 191. The second-order valence-corrected chi connectivity index (χ2v) is 2.83. The van der Waals surface area contributed by atoms with Crippen LogP contribution in [0.2, 0.25) is 0 Å². The summed E-state index contributed by atoms with van der Waals surface area (Å²) in [7, 11) is 0. The molecule has 1 saturated heterocycles. The fourth-order valence-electron chi connectivity index (χ4n) is 1.31. The van der Waals surface area contributed by atoms with E-state index in [1.807, 2.05) is 5.32 Å². The lowest BCUT2D eigenvalue weighted by atomic mass is 9.98. The molecular weight excluding hydrogens is 158 g/mol. The van der Waals surface area contributed by atoms with Gasteiger partial charge in [0.05, 0.1) is 26.1 Å². The van der Waals surface area contributed by atoms with Crippen molar-refractivity contribution in [1.29, 1.82) is 0 Å². The monoisotopic (exact) mass is 172 g/mol. The molecule has 0 aromatic rings. The van der Waals surface area contributed by atoms with Gasteiger partial charge >= 0.3 is 5.97 Å². The van der Waals surface area contributed by atoms with Gasteiger partial charge in [0.1, 0.15) is 0 Å². The quantitative estimate of drug-likeness (QED) is 0.416. The zero-order chi connectivity index (χ0) is 8.97. The van der Waals surface area contributed by atoms with E-state index in [1.165, 1.54) is 0 Å². The number of carbonyl (C=O) groups is 2. The van der Waals surface area contributed by atoms with Crippen molar-refractivity contribution >= 4 is 11.8 Å². The van der Waals surface area contributed by atoms with Gasteiger partial charge in [-0.3, -0.25) is 9.59 Å². The Balaban J connectivity index is 2.48. The van der Waals surface area contributed by atoms with Crippen LogP contribution in [0, 0.1) is 5.92 Å². The van der Waals surface area contributed by atoms with Crippen molar-refractivity contribution in [1.82, 2.24) is 0 Å². The summed E-state index contributed by atoms with van der Waals surface area (Å²) in [6.45, 7) is 3.45. The molecule has 68 valence electrons. The minimum Gasteiger partial charge on any atom is -0.465 e. The second kappa shape index (κ2) is 4.21. The summed E-state index contributed by atoms with van der Waals surface area (Å²) in [4.78, 5) is 22.3. The Hall–Kier alpha value is -0.900. The molecule has 2 N–H and O–H groups in total. The van der Waals surface area contributed by atoms with Crippen LogP contribution in [0.5, 0.6) is 0 Å². The molecule has 1 fully saturated rings. The molecule has 1 aliphatic heterocycles. The van der Waals surface area contributed by atoms with Gasteiger partial charge in [-0.25, -0.2) is 0 Å². The van der Waals surface area contributed by atoms with Gasteiger partial charge in [0.25, 0.3) is 0 Å². The molecule has 4 heteroatoms. The van der Waals surface area contributed by atoms with Gasteiger partial charge in [-0.1, -0.05) is 0 Å². The van der Waals surface area contributed by atoms with E-state index in [0.29, 0.717) is 19.6 Å². The SMILES string of the molecule is CCOC(=O)[C@@H]1C[NH2+]CCC1=O. The number of ether oxygens (including phenoxy) is 1. The van der Waals surface area contributed by atoms with Crippen molar-refractivity contribution in [3.63, 3.8) is 0 Å². The Labute approximate surface area is 71.3 Å². The van der Waals surface area contributed by atoms with Crippen LogP contribution in [-0.4, -0.2) is 31.4 Å². The van der Waals surface area contributed by atoms with Crippen molar-refractivity contribution < 1.29 is 19.6 Å². The van der Waals surface area contributed by atoms with E-state index in [9.17, 15) is 9.59 Å². The van der Waals surface area contributed by atoms with E-state index in [2.05, 4.69) is 0 Å². The summed E-state index contributed by atoms with van der Waals surface area (Å²) in [5, 5.41) is 1.98. The second-order valence-electron chi connectivity index (χ2n) is 2.83. The highest BCUT2D eigenvalue weighted by molar-refractivity contribution is 5.99. The molecule has 0 saturated carbocycles. The maximum Gasteiger partial charge on any atom is 0.322 e. The van der Waals surface area contributed by atoms with Crippen molar-refractivity contribution in [3.8, 4) is 0 Å². The molecule has 1 rings (SSSR count). The fraction of sp³-hybridized carbons (Fsp3) is 0.750. The number of hydrogen-bond donors (Lipinski definition) is 1. The van der Waals surface area contributed by atoms with Gasteiger partial charge in [-0.15, -0.1) is 0 Å². The lowest BCUT2D eigenvalue weighted by Crippen LogP contribution is -2.88. The zero-order valence-electron chi connectivity index (χ0n) is 7.21. The molecular formula is C8H14NO3+. The first kappa shape index (κ1) is 9.19. The number of ketones is 1. The summed E-state index contributed by atoms with van der Waals surface area (Å²) in [6.07, 6.45) is 0.490. The third-order valence-corrected chi connectivity index (χ3v) is 1.96. The number of piperidine rings is 1. The van der Waals surface area contributed by atoms with Crippen LogP contribution in [-0.2, 0) is 14.3 Å². The summed E-state index contributed by atoms with van der Waals surface area (Å²) in [6, 6.07) is 0. The van der Waals surface area contributed by atoms with E-state index in [-0.39, 0.29) is 11.8 Å². The Kier molecular flexibility index (Phi) is 3.22. The van der Waals surface area contributed by atoms with Gasteiger partial charge in [0, 0.05) is 0 Å². The number of quaternary nitrogens is 1. The molecule has 0 amide bonds. The maximum atomic E-state index is 11.2. The number of esters is 1.